The number of halogens is 1. The van der Waals surface area contributed by atoms with E-state index in [1.807, 2.05) is 19.1 Å². The standard InChI is InChI=1S/C9H9ClN4S/c1-5-2-6(4-7(10)3-5)8-12-13-9(15)14(8)11/h2-4H,11H2,1H3,(H,13,15). The van der Waals surface area contributed by atoms with Crippen molar-refractivity contribution in [3.63, 3.8) is 0 Å². The zero-order valence-electron chi connectivity index (χ0n) is 7.99. The Morgan fingerprint density at radius 3 is 2.73 bits per heavy atom. The average Bonchev–Trinajstić information content (AvgIpc) is 2.46. The summed E-state index contributed by atoms with van der Waals surface area (Å²) < 4.78 is 1.70. The number of nitrogens with two attached hydrogens (primary N) is 1. The summed E-state index contributed by atoms with van der Waals surface area (Å²) >= 11 is 10.9. The monoisotopic (exact) mass is 240 g/mol. The molecule has 1 heterocycles. The van der Waals surface area contributed by atoms with Gasteiger partial charge in [-0.15, -0.1) is 0 Å². The van der Waals surface area contributed by atoms with Gasteiger partial charge in [0.15, 0.2) is 5.82 Å². The molecule has 0 aliphatic rings. The molecular weight excluding hydrogens is 232 g/mol. The number of benzene rings is 1. The Morgan fingerprint density at radius 2 is 2.20 bits per heavy atom. The number of nitrogen functional groups attached to an aromatic ring is 1. The predicted molar refractivity (Wildman–Crippen MR) is 62.7 cm³/mol. The Bertz CT molecular complexity index is 537. The summed E-state index contributed by atoms with van der Waals surface area (Å²) in [4.78, 5) is 0. The molecule has 78 valence electrons. The molecule has 0 saturated carbocycles. The first kappa shape index (κ1) is 10.2. The number of aryl methyl sites for hydroxylation is 1. The molecule has 0 fully saturated rings. The highest BCUT2D eigenvalue weighted by Gasteiger charge is 2.07. The molecule has 0 bridgehead atoms. The van der Waals surface area contributed by atoms with Crippen molar-refractivity contribution in [2.45, 2.75) is 6.92 Å². The van der Waals surface area contributed by atoms with Gasteiger partial charge in [0.25, 0.3) is 0 Å². The Balaban J connectivity index is 2.63. The zero-order chi connectivity index (χ0) is 11.0. The Hall–Kier alpha value is -1.33. The summed E-state index contributed by atoms with van der Waals surface area (Å²) in [6, 6.07) is 5.61. The minimum atomic E-state index is 0.377. The lowest BCUT2D eigenvalue weighted by atomic mass is 10.1. The summed E-state index contributed by atoms with van der Waals surface area (Å²) in [7, 11) is 0. The van der Waals surface area contributed by atoms with E-state index in [1.165, 1.54) is 4.68 Å². The quantitative estimate of drug-likeness (QED) is 0.594. The first-order valence-electron chi connectivity index (χ1n) is 4.28. The van der Waals surface area contributed by atoms with E-state index >= 15 is 0 Å². The Kier molecular flexibility index (Phi) is 2.50. The number of H-pyrrole nitrogens is 1. The smallest absolute Gasteiger partial charge is 0.214 e. The molecule has 15 heavy (non-hydrogen) atoms. The van der Waals surface area contributed by atoms with Crippen molar-refractivity contribution < 1.29 is 0 Å². The SMILES string of the molecule is Cc1cc(Cl)cc(-c2n[nH]c(=S)n2N)c1. The maximum Gasteiger partial charge on any atom is 0.214 e. The van der Waals surface area contributed by atoms with E-state index < -0.39 is 0 Å². The molecule has 4 nitrogen and oxygen atoms in total. The lowest BCUT2D eigenvalue weighted by molar-refractivity contribution is 0.984. The second kappa shape index (κ2) is 3.67. The Morgan fingerprint density at radius 1 is 1.47 bits per heavy atom. The second-order valence-electron chi connectivity index (χ2n) is 3.24. The molecule has 1 aromatic carbocycles. The van der Waals surface area contributed by atoms with Gasteiger partial charge in [0.05, 0.1) is 0 Å². The van der Waals surface area contributed by atoms with Crippen molar-refractivity contribution in [1.82, 2.24) is 14.9 Å². The van der Waals surface area contributed by atoms with Crippen LogP contribution in [0.5, 0.6) is 0 Å². The zero-order valence-corrected chi connectivity index (χ0v) is 9.56. The van der Waals surface area contributed by atoms with E-state index in [0.717, 1.165) is 11.1 Å². The summed E-state index contributed by atoms with van der Waals surface area (Å²) in [6.07, 6.45) is 0. The van der Waals surface area contributed by atoms with Crippen molar-refractivity contribution in [2.24, 2.45) is 0 Å². The lowest BCUT2D eigenvalue weighted by Gasteiger charge is -2.02. The van der Waals surface area contributed by atoms with Crippen molar-refractivity contribution in [1.29, 1.82) is 0 Å². The molecule has 0 amide bonds. The maximum atomic E-state index is 5.95. The van der Waals surface area contributed by atoms with Crippen molar-refractivity contribution in [3.05, 3.63) is 33.6 Å². The van der Waals surface area contributed by atoms with Gasteiger partial charge in [-0.3, -0.25) is 0 Å². The largest absolute Gasteiger partial charge is 0.335 e. The number of aromatic amines is 1. The van der Waals surface area contributed by atoms with Crippen LogP contribution in [0.3, 0.4) is 0 Å². The van der Waals surface area contributed by atoms with E-state index in [9.17, 15) is 0 Å². The summed E-state index contributed by atoms with van der Waals surface area (Å²) in [5.74, 6) is 6.29. The fraction of sp³-hybridized carbons (Fsp3) is 0.111. The number of rotatable bonds is 1. The molecule has 3 N–H and O–H groups in total. The van der Waals surface area contributed by atoms with Gasteiger partial charge in [-0.25, -0.2) is 9.77 Å². The van der Waals surface area contributed by atoms with E-state index in [4.69, 9.17) is 29.7 Å². The van der Waals surface area contributed by atoms with Crippen LogP contribution >= 0.6 is 23.8 Å². The van der Waals surface area contributed by atoms with Crippen LogP contribution in [0.1, 0.15) is 5.56 Å². The van der Waals surface area contributed by atoms with Crippen LogP contribution in [0.4, 0.5) is 0 Å². The van der Waals surface area contributed by atoms with E-state index in [-0.39, 0.29) is 0 Å². The van der Waals surface area contributed by atoms with E-state index in [0.29, 0.717) is 15.6 Å². The van der Waals surface area contributed by atoms with Crippen LogP contribution in [-0.2, 0) is 0 Å². The highest BCUT2D eigenvalue weighted by atomic mass is 35.5. The fourth-order valence-electron chi connectivity index (χ4n) is 1.37. The second-order valence-corrected chi connectivity index (χ2v) is 4.06. The average molecular weight is 241 g/mol. The molecule has 0 aliphatic heterocycles. The molecule has 2 aromatic rings. The van der Waals surface area contributed by atoms with Crippen LogP contribution in [0.25, 0.3) is 11.4 Å². The number of nitrogens with zero attached hydrogens (tertiary/aromatic N) is 2. The first-order chi connectivity index (χ1) is 7.08. The van der Waals surface area contributed by atoms with E-state index in [2.05, 4.69) is 10.2 Å². The molecule has 2 rings (SSSR count). The van der Waals surface area contributed by atoms with Crippen LogP contribution in [0, 0.1) is 11.7 Å². The molecule has 0 spiro atoms. The van der Waals surface area contributed by atoms with Gasteiger partial charge in [-0.05, 0) is 42.9 Å². The lowest BCUT2D eigenvalue weighted by Crippen LogP contribution is -2.09. The molecule has 1 aromatic heterocycles. The van der Waals surface area contributed by atoms with Crippen molar-refractivity contribution >= 4 is 23.8 Å². The number of hydrogen-bond acceptors (Lipinski definition) is 3. The predicted octanol–water partition coefficient (Wildman–Crippen LogP) is 2.28. The number of hydrogen-bond donors (Lipinski definition) is 2. The summed E-state index contributed by atoms with van der Waals surface area (Å²) in [6.45, 7) is 1.96. The minimum absolute atomic E-state index is 0.377. The van der Waals surface area contributed by atoms with Gasteiger partial charge in [0.2, 0.25) is 4.77 Å². The fourth-order valence-corrected chi connectivity index (χ4v) is 1.80. The van der Waals surface area contributed by atoms with Gasteiger partial charge in [0, 0.05) is 10.6 Å². The van der Waals surface area contributed by atoms with Gasteiger partial charge in [-0.1, -0.05) is 11.6 Å². The molecule has 0 saturated heterocycles. The molecule has 6 heteroatoms. The van der Waals surface area contributed by atoms with Crippen LogP contribution in [-0.4, -0.2) is 14.9 Å². The van der Waals surface area contributed by atoms with Crippen molar-refractivity contribution in [3.8, 4) is 11.4 Å². The minimum Gasteiger partial charge on any atom is -0.335 e. The highest BCUT2D eigenvalue weighted by Crippen LogP contribution is 2.22. The number of aromatic nitrogens is 3. The van der Waals surface area contributed by atoms with Crippen LogP contribution in [0.2, 0.25) is 5.02 Å². The normalized spacial score (nSPS) is 10.5. The van der Waals surface area contributed by atoms with Crippen LogP contribution in [0.15, 0.2) is 18.2 Å². The summed E-state index contributed by atoms with van der Waals surface area (Å²) in [5, 5.41) is 7.30. The molecule has 0 aliphatic carbocycles. The third kappa shape index (κ3) is 1.88. The first-order valence-corrected chi connectivity index (χ1v) is 5.06. The molecule has 0 atom stereocenters. The third-order valence-electron chi connectivity index (χ3n) is 2.00. The van der Waals surface area contributed by atoms with E-state index in [1.54, 1.807) is 6.07 Å². The maximum absolute atomic E-state index is 5.95. The third-order valence-corrected chi connectivity index (χ3v) is 2.51. The number of nitrogens with one attached hydrogen (secondary N) is 1. The van der Waals surface area contributed by atoms with Gasteiger partial charge in [0.1, 0.15) is 0 Å². The van der Waals surface area contributed by atoms with Gasteiger partial charge < -0.3 is 5.84 Å². The topological polar surface area (TPSA) is 59.6 Å². The van der Waals surface area contributed by atoms with Gasteiger partial charge in [-0.2, -0.15) is 5.10 Å². The van der Waals surface area contributed by atoms with Gasteiger partial charge >= 0.3 is 0 Å². The molecular formula is C9H9ClN4S. The molecule has 0 unspecified atom stereocenters. The highest BCUT2D eigenvalue weighted by molar-refractivity contribution is 7.71. The Labute approximate surface area is 96.7 Å². The van der Waals surface area contributed by atoms with Crippen LogP contribution < -0.4 is 5.84 Å². The molecule has 0 radical (unpaired) electrons. The summed E-state index contributed by atoms with van der Waals surface area (Å²) in [5.41, 5.74) is 1.89. The van der Waals surface area contributed by atoms with Crippen molar-refractivity contribution in [2.75, 3.05) is 5.84 Å².